The topological polar surface area (TPSA) is 101 Å². The van der Waals surface area contributed by atoms with Crippen molar-refractivity contribution in [2.45, 2.75) is 51.5 Å². The summed E-state index contributed by atoms with van der Waals surface area (Å²) in [4.78, 5) is 9.20. The second-order valence-electron chi connectivity index (χ2n) is 7.64. The third-order valence-corrected chi connectivity index (χ3v) is 7.48. The zero-order chi connectivity index (χ0) is 21.5. The highest BCUT2D eigenvalue weighted by atomic mass is 32.2. The summed E-state index contributed by atoms with van der Waals surface area (Å²) in [5.41, 5.74) is 3.77. The van der Waals surface area contributed by atoms with Crippen molar-refractivity contribution in [2.24, 2.45) is 0 Å². The molecule has 3 aromatic heterocycles. The van der Waals surface area contributed by atoms with Crippen LogP contribution in [0, 0.1) is 27.7 Å². The molecule has 4 rings (SSSR count). The van der Waals surface area contributed by atoms with Crippen molar-refractivity contribution in [3.63, 3.8) is 0 Å². The zero-order valence-corrected chi connectivity index (χ0v) is 18.3. The van der Waals surface area contributed by atoms with E-state index in [1.54, 1.807) is 20.0 Å². The summed E-state index contributed by atoms with van der Waals surface area (Å²) >= 11 is 0. The Morgan fingerprint density at radius 1 is 1.20 bits per heavy atom. The molecule has 3 aromatic rings. The van der Waals surface area contributed by atoms with Gasteiger partial charge in [-0.15, -0.1) is 0 Å². The van der Waals surface area contributed by atoms with Crippen LogP contribution in [0.5, 0.6) is 0 Å². The Labute approximate surface area is 176 Å². The third-order valence-electron chi connectivity index (χ3n) is 5.33. The summed E-state index contributed by atoms with van der Waals surface area (Å²) in [5, 5.41) is 7.15. The first-order valence-corrected chi connectivity index (χ1v) is 11.3. The van der Waals surface area contributed by atoms with E-state index in [1.165, 1.54) is 4.31 Å². The Kier molecular flexibility index (Phi) is 5.33. The number of aromatic nitrogens is 3. The molecule has 0 aromatic carbocycles. The molecule has 1 N–H and O–H groups in total. The van der Waals surface area contributed by atoms with Crippen molar-refractivity contribution in [2.75, 3.05) is 11.9 Å². The maximum atomic E-state index is 13.4. The van der Waals surface area contributed by atoms with Crippen molar-refractivity contribution in [1.82, 2.24) is 19.4 Å². The molecule has 9 heteroatoms. The SMILES string of the molecule is Cc1cc(Nc2ncccc2C)cc([C@@H]2CCCN2S(=O)(=O)c2c(C)noc2C)n1. The summed E-state index contributed by atoms with van der Waals surface area (Å²) in [7, 11) is -3.74. The monoisotopic (exact) mass is 427 g/mol. The van der Waals surface area contributed by atoms with Gasteiger partial charge in [-0.3, -0.25) is 4.98 Å². The third kappa shape index (κ3) is 3.70. The average Bonchev–Trinajstić information content (AvgIpc) is 3.31. The highest BCUT2D eigenvalue weighted by Gasteiger charge is 2.40. The number of aryl methyl sites for hydroxylation is 4. The van der Waals surface area contributed by atoms with Gasteiger partial charge in [-0.1, -0.05) is 11.2 Å². The number of sulfonamides is 1. The summed E-state index contributed by atoms with van der Waals surface area (Å²) in [6.07, 6.45) is 3.21. The second kappa shape index (κ2) is 7.81. The van der Waals surface area contributed by atoms with E-state index in [0.717, 1.165) is 34.9 Å². The van der Waals surface area contributed by atoms with Gasteiger partial charge in [-0.05, 0) is 64.3 Å². The van der Waals surface area contributed by atoms with Crippen LogP contribution in [-0.2, 0) is 10.0 Å². The Bertz CT molecular complexity index is 1170. The second-order valence-corrected chi connectivity index (χ2v) is 9.47. The number of anilines is 2. The highest BCUT2D eigenvalue weighted by Crippen LogP contribution is 2.38. The van der Waals surface area contributed by atoms with Crippen molar-refractivity contribution in [3.8, 4) is 0 Å². The van der Waals surface area contributed by atoms with Gasteiger partial charge in [-0.2, -0.15) is 4.31 Å². The van der Waals surface area contributed by atoms with Crippen LogP contribution < -0.4 is 5.32 Å². The molecule has 1 saturated heterocycles. The molecule has 0 spiro atoms. The first-order chi connectivity index (χ1) is 14.3. The number of hydrogen-bond donors (Lipinski definition) is 1. The van der Waals surface area contributed by atoms with E-state index in [-0.39, 0.29) is 10.9 Å². The molecule has 0 radical (unpaired) electrons. The average molecular weight is 428 g/mol. The van der Waals surface area contributed by atoms with Gasteiger partial charge in [0.1, 0.15) is 16.4 Å². The number of hydrogen-bond acceptors (Lipinski definition) is 7. The van der Waals surface area contributed by atoms with Crippen LogP contribution in [0.4, 0.5) is 11.5 Å². The Hall–Kier alpha value is -2.78. The molecule has 0 amide bonds. The van der Waals surface area contributed by atoms with E-state index in [2.05, 4.69) is 20.4 Å². The van der Waals surface area contributed by atoms with E-state index in [9.17, 15) is 8.42 Å². The summed E-state index contributed by atoms with van der Waals surface area (Å²) in [6, 6.07) is 7.37. The Balaban J connectivity index is 1.70. The highest BCUT2D eigenvalue weighted by molar-refractivity contribution is 7.89. The molecule has 1 aliphatic rings. The Morgan fingerprint density at radius 3 is 2.70 bits per heavy atom. The predicted octanol–water partition coefficient (Wildman–Crippen LogP) is 3.97. The molecule has 1 atom stereocenters. The molecular weight excluding hydrogens is 402 g/mol. The number of rotatable bonds is 5. The van der Waals surface area contributed by atoms with Crippen molar-refractivity contribution >= 4 is 21.5 Å². The van der Waals surface area contributed by atoms with Crippen LogP contribution >= 0.6 is 0 Å². The van der Waals surface area contributed by atoms with E-state index < -0.39 is 10.0 Å². The number of nitrogens with zero attached hydrogens (tertiary/aromatic N) is 4. The quantitative estimate of drug-likeness (QED) is 0.657. The standard InChI is InChI=1S/C21H25N5O3S/c1-13-7-5-9-22-21(13)24-17-11-14(2)23-18(12-17)19-8-6-10-26(19)30(27,28)20-15(3)25-29-16(20)4/h5,7,9,11-12,19H,6,8,10H2,1-4H3,(H,22,23,24)/t19-/m0/s1. The van der Waals surface area contributed by atoms with Gasteiger partial charge < -0.3 is 9.84 Å². The molecule has 8 nitrogen and oxygen atoms in total. The fourth-order valence-electron chi connectivity index (χ4n) is 3.97. The summed E-state index contributed by atoms with van der Waals surface area (Å²) < 4.78 is 33.4. The van der Waals surface area contributed by atoms with Crippen molar-refractivity contribution < 1.29 is 12.9 Å². The first kappa shape index (κ1) is 20.5. The smallest absolute Gasteiger partial charge is 0.249 e. The van der Waals surface area contributed by atoms with Gasteiger partial charge in [0.25, 0.3) is 0 Å². The summed E-state index contributed by atoms with van der Waals surface area (Å²) in [6.45, 7) is 7.60. The first-order valence-electron chi connectivity index (χ1n) is 9.89. The molecule has 1 fully saturated rings. The minimum atomic E-state index is -3.74. The van der Waals surface area contributed by atoms with Gasteiger partial charge in [-0.25, -0.2) is 13.4 Å². The van der Waals surface area contributed by atoms with Crippen molar-refractivity contribution in [1.29, 1.82) is 0 Å². The van der Waals surface area contributed by atoms with Crippen LogP contribution in [0.15, 0.2) is 39.9 Å². The van der Waals surface area contributed by atoms with Crippen LogP contribution in [0.2, 0.25) is 0 Å². The van der Waals surface area contributed by atoms with Gasteiger partial charge >= 0.3 is 0 Å². The molecule has 0 aliphatic carbocycles. The minimum Gasteiger partial charge on any atom is -0.360 e. The lowest BCUT2D eigenvalue weighted by atomic mass is 10.1. The van der Waals surface area contributed by atoms with E-state index in [0.29, 0.717) is 24.4 Å². The van der Waals surface area contributed by atoms with E-state index in [1.807, 2.05) is 38.1 Å². The molecule has 30 heavy (non-hydrogen) atoms. The van der Waals surface area contributed by atoms with E-state index in [4.69, 9.17) is 4.52 Å². The molecule has 1 aliphatic heterocycles. The molecular formula is C21H25N5O3S. The van der Waals surface area contributed by atoms with Gasteiger partial charge in [0.2, 0.25) is 10.0 Å². The van der Waals surface area contributed by atoms with Crippen LogP contribution in [0.25, 0.3) is 0 Å². The van der Waals surface area contributed by atoms with Gasteiger partial charge in [0.05, 0.1) is 11.7 Å². The van der Waals surface area contributed by atoms with Gasteiger partial charge in [0.15, 0.2) is 5.76 Å². The Morgan fingerprint density at radius 2 is 2.00 bits per heavy atom. The predicted molar refractivity (Wildman–Crippen MR) is 113 cm³/mol. The van der Waals surface area contributed by atoms with Crippen molar-refractivity contribution in [3.05, 3.63) is 58.9 Å². The zero-order valence-electron chi connectivity index (χ0n) is 17.5. The number of nitrogens with one attached hydrogen (secondary N) is 1. The lowest BCUT2D eigenvalue weighted by molar-refractivity contribution is 0.381. The molecule has 0 saturated carbocycles. The van der Waals surface area contributed by atoms with Crippen LogP contribution in [0.3, 0.4) is 0 Å². The fraction of sp³-hybridized carbons (Fsp3) is 0.381. The van der Waals surface area contributed by atoms with Gasteiger partial charge in [0, 0.05) is 24.1 Å². The maximum absolute atomic E-state index is 13.4. The minimum absolute atomic E-state index is 0.157. The van der Waals surface area contributed by atoms with Crippen LogP contribution in [0.1, 0.15) is 47.3 Å². The fourth-order valence-corrected chi connectivity index (χ4v) is 5.94. The summed E-state index contributed by atoms with van der Waals surface area (Å²) in [5.74, 6) is 1.07. The molecule has 0 unspecified atom stereocenters. The largest absolute Gasteiger partial charge is 0.360 e. The molecule has 0 bridgehead atoms. The van der Waals surface area contributed by atoms with Crippen LogP contribution in [-0.4, -0.2) is 34.4 Å². The molecule has 4 heterocycles. The molecule has 158 valence electrons. The normalized spacial score (nSPS) is 17.4. The maximum Gasteiger partial charge on any atom is 0.249 e. The number of pyridine rings is 2. The lowest BCUT2D eigenvalue weighted by Gasteiger charge is -2.24. The van der Waals surface area contributed by atoms with E-state index >= 15 is 0 Å². The lowest BCUT2D eigenvalue weighted by Crippen LogP contribution is -2.31.